The van der Waals surface area contributed by atoms with E-state index < -0.39 is 8.80 Å². The second-order valence-corrected chi connectivity index (χ2v) is 16.1. The smallest absolute Gasteiger partial charge is 0.141 e. The summed E-state index contributed by atoms with van der Waals surface area (Å²) in [6, 6.07) is 60.0. The normalized spacial score (nSPS) is 12.9. The second-order valence-electron chi connectivity index (χ2n) is 13.0. The maximum atomic E-state index is 5.50. The molecule has 0 aliphatic carbocycles. The fourth-order valence-electron chi connectivity index (χ4n) is 7.33. The van der Waals surface area contributed by atoms with Crippen molar-refractivity contribution in [2.24, 2.45) is 0 Å². The highest BCUT2D eigenvalue weighted by Gasteiger charge is 2.36. The van der Waals surface area contributed by atoms with E-state index in [0.717, 1.165) is 35.6 Å². The Balaban J connectivity index is 1.30. The SMILES string of the molecule is CC(C)(c1cccc(N2c3ccccc3CCc3ccc(-c4cccc5ccccc45)nc32)c1)[Si](c1ccccc1)c1ccccc1. The zero-order valence-electron chi connectivity index (χ0n) is 26.9. The van der Waals surface area contributed by atoms with Gasteiger partial charge in [0.2, 0.25) is 0 Å². The molecule has 1 aromatic heterocycles. The lowest BCUT2D eigenvalue weighted by molar-refractivity contribution is 0.746. The van der Waals surface area contributed by atoms with Crippen LogP contribution in [0.25, 0.3) is 22.0 Å². The van der Waals surface area contributed by atoms with Crippen LogP contribution in [0.4, 0.5) is 17.2 Å². The van der Waals surface area contributed by atoms with Gasteiger partial charge in [0.05, 0.1) is 11.4 Å². The summed E-state index contributed by atoms with van der Waals surface area (Å²) in [7, 11) is -1.20. The van der Waals surface area contributed by atoms with Crippen LogP contribution in [0.3, 0.4) is 0 Å². The summed E-state index contributed by atoms with van der Waals surface area (Å²) in [4.78, 5) is 7.92. The lowest BCUT2D eigenvalue weighted by Crippen LogP contribution is -2.55. The van der Waals surface area contributed by atoms with Crippen molar-refractivity contribution in [1.82, 2.24) is 4.98 Å². The van der Waals surface area contributed by atoms with Gasteiger partial charge in [-0.05, 0) is 69.6 Å². The number of hydrogen-bond acceptors (Lipinski definition) is 2. The molecule has 0 N–H and O–H groups in total. The number of aryl methyl sites for hydroxylation is 2. The maximum absolute atomic E-state index is 5.50. The van der Waals surface area contributed by atoms with Gasteiger partial charge in [-0.3, -0.25) is 4.90 Å². The topological polar surface area (TPSA) is 16.1 Å². The molecular formula is C44H37N2Si. The molecule has 0 saturated heterocycles. The summed E-state index contributed by atoms with van der Waals surface area (Å²) < 4.78 is 0. The van der Waals surface area contributed by atoms with Crippen molar-refractivity contribution >= 4 is 47.1 Å². The standard InChI is InChI=1S/C44H37N2Si/c1-44(2,47(37-20-5-3-6-21-37)38-22-7-4-8-23-38)35-18-14-19-36(31-35)46-42-26-12-10-16-33(42)27-28-34-29-30-41(45-43(34)46)40-25-13-17-32-15-9-11-24-39(32)40/h3-26,29-31H,27-28H2,1-2H3. The third kappa shape index (κ3) is 5.37. The molecule has 0 saturated carbocycles. The number of nitrogens with zero attached hydrogens (tertiary/aromatic N) is 2. The highest BCUT2D eigenvalue weighted by atomic mass is 28.3. The minimum atomic E-state index is -1.20. The molecule has 227 valence electrons. The van der Waals surface area contributed by atoms with Crippen LogP contribution in [0.15, 0.2) is 164 Å². The number of fused-ring (bicyclic) bond motifs is 3. The highest BCUT2D eigenvalue weighted by molar-refractivity contribution is 6.87. The molecule has 2 nitrogen and oxygen atoms in total. The van der Waals surface area contributed by atoms with Gasteiger partial charge < -0.3 is 0 Å². The Kier molecular flexibility index (Phi) is 7.55. The zero-order valence-corrected chi connectivity index (χ0v) is 27.9. The molecule has 1 aliphatic rings. The van der Waals surface area contributed by atoms with Gasteiger partial charge in [0.25, 0.3) is 0 Å². The summed E-state index contributed by atoms with van der Waals surface area (Å²) in [5.41, 5.74) is 8.48. The number of para-hydroxylation sites is 1. The van der Waals surface area contributed by atoms with E-state index in [4.69, 9.17) is 4.98 Å². The number of benzene rings is 6. The number of rotatable bonds is 6. The van der Waals surface area contributed by atoms with Gasteiger partial charge >= 0.3 is 0 Å². The molecule has 6 aromatic carbocycles. The van der Waals surface area contributed by atoms with Crippen molar-refractivity contribution in [3.8, 4) is 11.3 Å². The van der Waals surface area contributed by atoms with Gasteiger partial charge in [-0.15, -0.1) is 0 Å². The summed E-state index contributed by atoms with van der Waals surface area (Å²) >= 11 is 0. The zero-order chi connectivity index (χ0) is 31.8. The van der Waals surface area contributed by atoms with Crippen molar-refractivity contribution in [2.45, 2.75) is 31.7 Å². The van der Waals surface area contributed by atoms with Crippen LogP contribution in [0.2, 0.25) is 0 Å². The second kappa shape index (κ2) is 12.2. The third-order valence-electron chi connectivity index (χ3n) is 9.71. The van der Waals surface area contributed by atoms with Crippen molar-refractivity contribution in [2.75, 3.05) is 4.90 Å². The fraction of sp³-hybridized carbons (Fsp3) is 0.114. The lowest BCUT2D eigenvalue weighted by atomic mass is 10.00. The van der Waals surface area contributed by atoms with E-state index in [1.807, 2.05) is 0 Å². The first kappa shape index (κ1) is 29.2. The van der Waals surface area contributed by atoms with Crippen LogP contribution in [0.1, 0.15) is 30.5 Å². The maximum Gasteiger partial charge on any atom is 0.141 e. The lowest BCUT2D eigenvalue weighted by Gasteiger charge is -2.35. The van der Waals surface area contributed by atoms with E-state index in [1.54, 1.807) is 0 Å². The Hall–Kier alpha value is -5.25. The van der Waals surface area contributed by atoms with Gasteiger partial charge in [-0.2, -0.15) is 0 Å². The number of aromatic nitrogens is 1. The summed E-state index contributed by atoms with van der Waals surface area (Å²) in [6.45, 7) is 4.86. The molecule has 47 heavy (non-hydrogen) atoms. The van der Waals surface area contributed by atoms with E-state index in [9.17, 15) is 0 Å². The van der Waals surface area contributed by atoms with Crippen LogP contribution >= 0.6 is 0 Å². The molecule has 2 heterocycles. The molecule has 0 atom stereocenters. The molecular weight excluding hydrogens is 585 g/mol. The van der Waals surface area contributed by atoms with Gasteiger partial charge in [0.1, 0.15) is 14.6 Å². The molecule has 1 radical (unpaired) electrons. The Morgan fingerprint density at radius 1 is 0.574 bits per heavy atom. The molecule has 8 rings (SSSR count). The van der Waals surface area contributed by atoms with Gasteiger partial charge in [-0.1, -0.05) is 164 Å². The Bertz CT molecular complexity index is 2140. The quantitative estimate of drug-likeness (QED) is 0.172. The van der Waals surface area contributed by atoms with Crippen LogP contribution in [-0.2, 0) is 17.9 Å². The molecule has 0 spiro atoms. The van der Waals surface area contributed by atoms with E-state index in [2.05, 4.69) is 183 Å². The number of hydrogen-bond donors (Lipinski definition) is 0. The van der Waals surface area contributed by atoms with Crippen molar-refractivity contribution < 1.29 is 0 Å². The minimum Gasteiger partial charge on any atom is -0.295 e. The van der Waals surface area contributed by atoms with Gasteiger partial charge in [-0.25, -0.2) is 4.98 Å². The fourth-order valence-corrected chi connectivity index (χ4v) is 10.6. The van der Waals surface area contributed by atoms with Crippen molar-refractivity contribution in [3.05, 3.63) is 180 Å². The first-order valence-corrected chi connectivity index (χ1v) is 18.0. The Labute approximate surface area is 279 Å². The monoisotopic (exact) mass is 621 g/mol. The first-order valence-electron chi connectivity index (χ1n) is 16.5. The van der Waals surface area contributed by atoms with Gasteiger partial charge in [0.15, 0.2) is 0 Å². The highest BCUT2D eigenvalue weighted by Crippen LogP contribution is 2.43. The van der Waals surface area contributed by atoms with Crippen LogP contribution in [0.5, 0.6) is 0 Å². The van der Waals surface area contributed by atoms with E-state index in [0.29, 0.717) is 0 Å². The predicted octanol–water partition coefficient (Wildman–Crippen LogP) is 9.60. The van der Waals surface area contributed by atoms with E-state index >= 15 is 0 Å². The average Bonchev–Trinajstić information content (AvgIpc) is 3.29. The Morgan fingerprint density at radius 3 is 2.00 bits per heavy atom. The van der Waals surface area contributed by atoms with Crippen LogP contribution in [0, 0.1) is 0 Å². The molecule has 3 heteroatoms. The number of pyridine rings is 1. The summed E-state index contributed by atoms with van der Waals surface area (Å²) in [5, 5.41) is 5.20. The number of anilines is 3. The molecule has 1 aliphatic heterocycles. The summed E-state index contributed by atoms with van der Waals surface area (Å²) in [5.74, 6) is 1.02. The van der Waals surface area contributed by atoms with Gasteiger partial charge in [0, 0.05) is 11.3 Å². The van der Waals surface area contributed by atoms with Crippen LogP contribution < -0.4 is 15.3 Å². The average molecular weight is 622 g/mol. The van der Waals surface area contributed by atoms with Crippen molar-refractivity contribution in [1.29, 1.82) is 0 Å². The molecule has 0 fully saturated rings. The first-order chi connectivity index (χ1) is 23.1. The van der Waals surface area contributed by atoms with E-state index in [1.165, 1.54) is 43.5 Å². The van der Waals surface area contributed by atoms with E-state index in [-0.39, 0.29) is 5.04 Å². The largest absolute Gasteiger partial charge is 0.295 e. The predicted molar refractivity (Wildman–Crippen MR) is 200 cm³/mol. The molecule has 0 unspecified atom stereocenters. The molecule has 0 amide bonds. The third-order valence-corrected chi connectivity index (χ3v) is 13.1. The van der Waals surface area contributed by atoms with Crippen LogP contribution in [-0.4, -0.2) is 13.8 Å². The Morgan fingerprint density at radius 2 is 1.21 bits per heavy atom. The molecule has 7 aromatic rings. The summed E-state index contributed by atoms with van der Waals surface area (Å²) in [6.07, 6.45) is 1.93. The van der Waals surface area contributed by atoms with Crippen molar-refractivity contribution in [3.63, 3.8) is 0 Å². The minimum absolute atomic E-state index is 0.101. The molecule has 0 bridgehead atoms.